The van der Waals surface area contributed by atoms with E-state index in [0.717, 1.165) is 22.1 Å². The van der Waals surface area contributed by atoms with Crippen LogP contribution < -0.4 is 4.74 Å². The molecule has 0 bridgehead atoms. The molecule has 3 aromatic rings. The van der Waals surface area contributed by atoms with Gasteiger partial charge in [-0.15, -0.1) is 0 Å². The van der Waals surface area contributed by atoms with Gasteiger partial charge >= 0.3 is 0 Å². The molecule has 0 amide bonds. The minimum atomic E-state index is -1.12. The zero-order valence-electron chi connectivity index (χ0n) is 13.9. The smallest absolute Gasteiger partial charge is 0.135 e. The number of nitrogens with zero attached hydrogens (tertiary/aromatic N) is 2. The maximum Gasteiger partial charge on any atom is 0.135 e. The lowest BCUT2D eigenvalue weighted by Gasteiger charge is -2.31. The van der Waals surface area contributed by atoms with Gasteiger partial charge in [-0.3, -0.25) is 0 Å². The normalized spacial score (nSPS) is 14.2. The van der Waals surface area contributed by atoms with Gasteiger partial charge in [-0.25, -0.2) is 4.98 Å². The van der Waals surface area contributed by atoms with Crippen LogP contribution in [0.2, 0.25) is 0 Å². The largest absolute Gasteiger partial charge is 0.497 e. The third-order valence-electron chi connectivity index (χ3n) is 4.42. The van der Waals surface area contributed by atoms with Crippen LogP contribution in [0.3, 0.4) is 0 Å². The Hall–Kier alpha value is -2.33. The highest BCUT2D eigenvalue weighted by Crippen LogP contribution is 2.37. The minimum absolute atomic E-state index is 0.00639. The standard InChI is InChI=1S/C19H22N2O2/c1-13(2)19(22,18-11-21(3)12-20-18)16-7-5-15-10-17(23-4)8-6-14(15)9-16/h5-13,22H,1-4H3. The molecule has 4 nitrogen and oxygen atoms in total. The highest BCUT2D eigenvalue weighted by Gasteiger charge is 2.37. The number of methoxy groups -OCH3 is 1. The number of hydrogen-bond donors (Lipinski definition) is 1. The molecule has 1 aromatic heterocycles. The Kier molecular flexibility index (Phi) is 3.86. The molecule has 0 aliphatic heterocycles. The van der Waals surface area contributed by atoms with E-state index >= 15 is 0 Å². The maximum atomic E-state index is 11.4. The monoisotopic (exact) mass is 310 g/mol. The molecular weight excluding hydrogens is 288 g/mol. The molecule has 3 rings (SSSR count). The fourth-order valence-electron chi connectivity index (χ4n) is 2.97. The van der Waals surface area contributed by atoms with Crippen molar-refractivity contribution >= 4 is 10.8 Å². The average Bonchev–Trinajstić information content (AvgIpc) is 2.99. The first-order valence-corrected chi connectivity index (χ1v) is 7.74. The van der Waals surface area contributed by atoms with Crippen molar-refractivity contribution in [2.45, 2.75) is 19.4 Å². The van der Waals surface area contributed by atoms with Crippen LogP contribution in [0, 0.1) is 5.92 Å². The highest BCUT2D eigenvalue weighted by atomic mass is 16.5. The van der Waals surface area contributed by atoms with Crippen molar-refractivity contribution < 1.29 is 9.84 Å². The first kappa shape index (κ1) is 15.6. The maximum absolute atomic E-state index is 11.4. The van der Waals surface area contributed by atoms with Crippen molar-refractivity contribution in [1.29, 1.82) is 0 Å². The Balaban J connectivity index is 2.15. The Labute approximate surface area is 136 Å². The summed E-state index contributed by atoms with van der Waals surface area (Å²) >= 11 is 0. The van der Waals surface area contributed by atoms with E-state index in [1.54, 1.807) is 13.4 Å². The first-order valence-electron chi connectivity index (χ1n) is 7.74. The van der Waals surface area contributed by atoms with Crippen LogP contribution in [0.4, 0.5) is 0 Å². The van der Waals surface area contributed by atoms with E-state index in [1.165, 1.54) is 0 Å². The first-order chi connectivity index (χ1) is 10.9. The molecule has 1 atom stereocenters. The molecule has 4 heteroatoms. The Morgan fingerprint density at radius 1 is 1.13 bits per heavy atom. The molecule has 1 N–H and O–H groups in total. The van der Waals surface area contributed by atoms with E-state index in [1.807, 2.05) is 68.1 Å². The topological polar surface area (TPSA) is 47.3 Å². The summed E-state index contributed by atoms with van der Waals surface area (Å²) in [5.74, 6) is 0.821. The van der Waals surface area contributed by atoms with E-state index in [-0.39, 0.29) is 5.92 Å². The molecule has 1 unspecified atom stereocenters. The molecular formula is C19H22N2O2. The van der Waals surface area contributed by atoms with Crippen LogP contribution in [-0.2, 0) is 12.6 Å². The van der Waals surface area contributed by atoms with Crippen LogP contribution in [0.1, 0.15) is 25.1 Å². The van der Waals surface area contributed by atoms with Gasteiger partial charge in [0.05, 0.1) is 19.1 Å². The summed E-state index contributed by atoms with van der Waals surface area (Å²) in [6.45, 7) is 4.01. The number of ether oxygens (including phenoxy) is 1. The second kappa shape index (κ2) is 5.70. The van der Waals surface area contributed by atoms with E-state index in [2.05, 4.69) is 4.98 Å². The van der Waals surface area contributed by atoms with Gasteiger partial charge < -0.3 is 14.4 Å². The summed E-state index contributed by atoms with van der Waals surface area (Å²) in [5.41, 5.74) is 0.404. The van der Waals surface area contributed by atoms with E-state index in [0.29, 0.717) is 5.69 Å². The number of hydrogen-bond acceptors (Lipinski definition) is 3. The van der Waals surface area contributed by atoms with Crippen LogP contribution in [-0.4, -0.2) is 21.8 Å². The summed E-state index contributed by atoms with van der Waals surface area (Å²) in [6, 6.07) is 12.0. The van der Waals surface area contributed by atoms with Crippen LogP contribution in [0.25, 0.3) is 10.8 Å². The Morgan fingerprint density at radius 3 is 2.43 bits per heavy atom. The van der Waals surface area contributed by atoms with E-state index < -0.39 is 5.60 Å². The minimum Gasteiger partial charge on any atom is -0.497 e. The lowest BCUT2D eigenvalue weighted by Crippen LogP contribution is -2.33. The summed E-state index contributed by atoms with van der Waals surface area (Å²) < 4.78 is 7.12. The molecule has 1 heterocycles. The van der Waals surface area contributed by atoms with Crippen molar-refractivity contribution in [3.63, 3.8) is 0 Å². The van der Waals surface area contributed by atoms with Gasteiger partial charge in [-0.05, 0) is 40.5 Å². The third-order valence-corrected chi connectivity index (χ3v) is 4.42. The predicted molar refractivity (Wildman–Crippen MR) is 91.5 cm³/mol. The van der Waals surface area contributed by atoms with Gasteiger partial charge in [-0.1, -0.05) is 32.0 Å². The lowest BCUT2D eigenvalue weighted by molar-refractivity contribution is 0.0280. The zero-order chi connectivity index (χ0) is 16.6. The average molecular weight is 310 g/mol. The molecule has 0 fully saturated rings. The van der Waals surface area contributed by atoms with Crippen molar-refractivity contribution in [2.24, 2.45) is 13.0 Å². The molecule has 120 valence electrons. The van der Waals surface area contributed by atoms with Gasteiger partial charge in [0, 0.05) is 13.2 Å². The molecule has 0 saturated carbocycles. The molecule has 0 saturated heterocycles. The summed E-state index contributed by atoms with van der Waals surface area (Å²) in [6.07, 6.45) is 3.59. The zero-order valence-corrected chi connectivity index (χ0v) is 13.9. The Bertz CT molecular complexity index is 838. The number of rotatable bonds is 4. The number of aliphatic hydroxyl groups is 1. The van der Waals surface area contributed by atoms with Crippen LogP contribution in [0.5, 0.6) is 5.75 Å². The number of fused-ring (bicyclic) bond motifs is 1. The molecule has 2 aromatic carbocycles. The molecule has 0 aliphatic rings. The van der Waals surface area contributed by atoms with Crippen LogP contribution >= 0.6 is 0 Å². The quantitative estimate of drug-likeness (QED) is 0.802. The molecule has 23 heavy (non-hydrogen) atoms. The summed E-state index contributed by atoms with van der Waals surface area (Å²) in [4.78, 5) is 4.39. The molecule has 0 aliphatic carbocycles. The van der Waals surface area contributed by atoms with Gasteiger partial charge in [0.15, 0.2) is 0 Å². The van der Waals surface area contributed by atoms with E-state index in [9.17, 15) is 5.11 Å². The Morgan fingerprint density at radius 2 is 1.83 bits per heavy atom. The van der Waals surface area contributed by atoms with Crippen molar-refractivity contribution in [1.82, 2.24) is 9.55 Å². The fraction of sp³-hybridized carbons (Fsp3) is 0.316. The van der Waals surface area contributed by atoms with Gasteiger partial charge in [0.25, 0.3) is 0 Å². The number of aromatic nitrogens is 2. The highest BCUT2D eigenvalue weighted by molar-refractivity contribution is 5.84. The van der Waals surface area contributed by atoms with Gasteiger partial charge in [0.1, 0.15) is 11.4 Å². The number of benzene rings is 2. The van der Waals surface area contributed by atoms with Crippen molar-refractivity contribution in [3.05, 3.63) is 60.2 Å². The number of imidazole rings is 1. The third kappa shape index (κ3) is 2.59. The summed E-state index contributed by atoms with van der Waals surface area (Å²) in [5, 5.41) is 13.6. The van der Waals surface area contributed by atoms with Gasteiger partial charge in [-0.2, -0.15) is 0 Å². The second-order valence-corrected chi connectivity index (χ2v) is 6.27. The van der Waals surface area contributed by atoms with Crippen molar-refractivity contribution in [3.8, 4) is 5.75 Å². The summed E-state index contributed by atoms with van der Waals surface area (Å²) in [7, 11) is 3.57. The van der Waals surface area contributed by atoms with Gasteiger partial charge in [0.2, 0.25) is 0 Å². The molecule has 0 spiro atoms. The second-order valence-electron chi connectivity index (χ2n) is 6.27. The molecule has 0 radical (unpaired) electrons. The lowest BCUT2D eigenvalue weighted by atomic mass is 9.80. The van der Waals surface area contributed by atoms with Crippen molar-refractivity contribution in [2.75, 3.05) is 7.11 Å². The van der Waals surface area contributed by atoms with E-state index in [4.69, 9.17) is 4.74 Å². The fourth-order valence-corrected chi connectivity index (χ4v) is 2.97. The number of aryl methyl sites for hydroxylation is 1. The van der Waals surface area contributed by atoms with Crippen LogP contribution in [0.15, 0.2) is 48.9 Å². The SMILES string of the molecule is COc1ccc2cc(C(O)(c3cn(C)cn3)C(C)C)ccc2c1. The predicted octanol–water partition coefficient (Wildman–Crippen LogP) is 3.47.